The van der Waals surface area contributed by atoms with E-state index in [1.165, 1.54) is 22.6 Å². The topological polar surface area (TPSA) is 45.6 Å². The van der Waals surface area contributed by atoms with Crippen LogP contribution in [0.2, 0.25) is 0 Å². The fourth-order valence-electron chi connectivity index (χ4n) is 5.12. The minimum Gasteiger partial charge on any atom is -0.379 e. The zero-order valence-corrected chi connectivity index (χ0v) is 20.1. The number of morpholine rings is 1. The highest BCUT2D eigenvalue weighted by Gasteiger charge is 2.41. The van der Waals surface area contributed by atoms with E-state index in [0.717, 1.165) is 50.2 Å². The number of nitrogens with one attached hydrogen (secondary N) is 1. The van der Waals surface area contributed by atoms with Gasteiger partial charge in [-0.05, 0) is 62.0 Å². The van der Waals surface area contributed by atoms with E-state index in [1.807, 2.05) is 18.3 Å². The van der Waals surface area contributed by atoms with Gasteiger partial charge in [-0.1, -0.05) is 24.3 Å². The predicted molar refractivity (Wildman–Crippen MR) is 135 cm³/mol. The second kappa shape index (κ2) is 9.63. The molecule has 5 rings (SSSR count). The van der Waals surface area contributed by atoms with Gasteiger partial charge in [0.1, 0.15) is 0 Å². The monoisotopic (exact) mass is 461 g/mol. The van der Waals surface area contributed by atoms with Gasteiger partial charge in [0.25, 0.3) is 0 Å². The highest BCUT2D eigenvalue weighted by atomic mass is 32.1. The number of rotatable bonds is 6. The average Bonchev–Trinajstić information content (AvgIpc) is 3.34. The van der Waals surface area contributed by atoms with E-state index < -0.39 is 0 Å². The van der Waals surface area contributed by atoms with Crippen molar-refractivity contribution < 1.29 is 4.74 Å². The van der Waals surface area contributed by atoms with Crippen molar-refractivity contribution in [1.29, 1.82) is 0 Å². The average molecular weight is 462 g/mol. The van der Waals surface area contributed by atoms with Crippen molar-refractivity contribution in [2.45, 2.75) is 25.9 Å². The molecule has 2 aliphatic rings. The zero-order valence-electron chi connectivity index (χ0n) is 19.3. The highest BCUT2D eigenvalue weighted by Crippen LogP contribution is 2.41. The summed E-state index contributed by atoms with van der Waals surface area (Å²) in [5.74, 6) is 0. The maximum atomic E-state index is 5.87. The second-order valence-electron chi connectivity index (χ2n) is 8.77. The first kappa shape index (κ1) is 22.1. The second-order valence-corrected chi connectivity index (χ2v) is 9.16. The minimum absolute atomic E-state index is 0.00751. The molecule has 0 bridgehead atoms. The molecule has 7 heteroatoms. The van der Waals surface area contributed by atoms with Gasteiger partial charge in [-0.2, -0.15) is 0 Å². The third-order valence-corrected chi connectivity index (χ3v) is 7.11. The van der Waals surface area contributed by atoms with Crippen molar-refractivity contribution >= 4 is 17.3 Å². The van der Waals surface area contributed by atoms with Gasteiger partial charge in [-0.3, -0.25) is 9.88 Å². The Kier molecular flexibility index (Phi) is 6.44. The highest BCUT2D eigenvalue weighted by molar-refractivity contribution is 7.80. The molecule has 2 saturated heterocycles. The molecule has 6 nitrogen and oxygen atoms in total. The van der Waals surface area contributed by atoms with Crippen LogP contribution in [0.3, 0.4) is 0 Å². The lowest BCUT2D eigenvalue weighted by atomic mass is 9.96. The summed E-state index contributed by atoms with van der Waals surface area (Å²) in [6.45, 7) is 9.80. The van der Waals surface area contributed by atoms with Gasteiger partial charge in [-0.15, -0.1) is 0 Å². The maximum absolute atomic E-state index is 5.87. The third kappa shape index (κ3) is 4.40. The Morgan fingerprint density at radius 2 is 1.79 bits per heavy atom. The van der Waals surface area contributed by atoms with Crippen LogP contribution >= 0.6 is 12.2 Å². The number of pyridine rings is 1. The fraction of sp³-hybridized carbons (Fsp3) is 0.385. The molecule has 3 aromatic rings. The van der Waals surface area contributed by atoms with Crippen LogP contribution < -0.4 is 5.32 Å². The van der Waals surface area contributed by atoms with E-state index in [2.05, 4.69) is 81.0 Å². The number of nitrogens with zero attached hydrogens (tertiary/aromatic N) is 4. The van der Waals surface area contributed by atoms with E-state index in [9.17, 15) is 0 Å². The summed E-state index contributed by atoms with van der Waals surface area (Å²) in [6.07, 6.45) is 1.86. The molecule has 1 aromatic carbocycles. The van der Waals surface area contributed by atoms with Crippen LogP contribution in [0, 0.1) is 13.8 Å². The van der Waals surface area contributed by atoms with Crippen LogP contribution in [0.15, 0.2) is 60.8 Å². The standard InChI is InChI=1S/C26H31N5OS/c1-19-18-22(20(2)31(19)21-8-4-3-5-9-21)25-24(23-10-6-7-11-27-23)28-26(33)30(25)13-12-29-14-16-32-17-15-29/h3-11,18,24-25H,12-17H2,1-2H3,(H,28,33)/t24-,25+/m0/s1. The lowest BCUT2D eigenvalue weighted by Gasteiger charge is -2.32. The molecule has 2 aromatic heterocycles. The fourth-order valence-corrected chi connectivity index (χ4v) is 5.45. The van der Waals surface area contributed by atoms with Gasteiger partial charge < -0.3 is 19.5 Å². The van der Waals surface area contributed by atoms with Gasteiger partial charge in [0.15, 0.2) is 5.11 Å². The van der Waals surface area contributed by atoms with Crippen LogP contribution in [0.25, 0.3) is 5.69 Å². The Labute approximate surface area is 201 Å². The number of aromatic nitrogens is 2. The van der Waals surface area contributed by atoms with Gasteiger partial charge in [0, 0.05) is 49.5 Å². The van der Waals surface area contributed by atoms with E-state index >= 15 is 0 Å². The summed E-state index contributed by atoms with van der Waals surface area (Å²) in [5.41, 5.74) is 5.96. The van der Waals surface area contributed by atoms with Crippen LogP contribution in [0.5, 0.6) is 0 Å². The molecule has 33 heavy (non-hydrogen) atoms. The van der Waals surface area contributed by atoms with Crippen molar-refractivity contribution in [3.8, 4) is 5.69 Å². The van der Waals surface area contributed by atoms with Crippen molar-refractivity contribution in [3.63, 3.8) is 0 Å². The van der Waals surface area contributed by atoms with E-state index in [0.29, 0.717) is 0 Å². The Morgan fingerprint density at radius 3 is 2.52 bits per heavy atom. The van der Waals surface area contributed by atoms with Crippen LogP contribution in [0.1, 0.15) is 34.7 Å². The molecule has 1 N–H and O–H groups in total. The molecule has 0 saturated carbocycles. The SMILES string of the molecule is Cc1cc([C@@H]2[C@H](c3ccccn3)NC(=S)N2CCN2CCOCC2)c(C)n1-c1ccccc1. The number of benzene rings is 1. The Bertz CT molecular complexity index is 1090. The first-order valence-electron chi connectivity index (χ1n) is 11.7. The molecule has 0 spiro atoms. The van der Waals surface area contributed by atoms with Gasteiger partial charge in [0.2, 0.25) is 0 Å². The van der Waals surface area contributed by atoms with Gasteiger partial charge >= 0.3 is 0 Å². The number of aryl methyl sites for hydroxylation is 1. The molecule has 2 atom stereocenters. The number of para-hydroxylation sites is 1. The van der Waals surface area contributed by atoms with Crippen LogP contribution in [0.4, 0.5) is 0 Å². The number of thiocarbonyl (C=S) groups is 1. The van der Waals surface area contributed by atoms with Crippen molar-refractivity contribution in [2.24, 2.45) is 0 Å². The first-order valence-corrected chi connectivity index (χ1v) is 12.1. The summed E-state index contributed by atoms with van der Waals surface area (Å²) in [6, 6.07) is 19.1. The molecular weight excluding hydrogens is 430 g/mol. The number of hydrogen-bond acceptors (Lipinski definition) is 4. The summed E-state index contributed by atoms with van der Waals surface area (Å²) in [7, 11) is 0. The Hall–Kier alpha value is -2.74. The van der Waals surface area contributed by atoms with Crippen molar-refractivity contribution in [1.82, 2.24) is 24.7 Å². The van der Waals surface area contributed by atoms with Crippen LogP contribution in [-0.2, 0) is 4.74 Å². The Balaban J connectivity index is 1.52. The van der Waals surface area contributed by atoms with E-state index in [4.69, 9.17) is 17.0 Å². The molecule has 0 radical (unpaired) electrons. The summed E-state index contributed by atoms with van der Waals surface area (Å²) >= 11 is 5.87. The molecular formula is C26H31N5OS. The predicted octanol–water partition coefficient (Wildman–Crippen LogP) is 3.79. The lowest BCUT2D eigenvalue weighted by molar-refractivity contribution is 0.0350. The zero-order chi connectivity index (χ0) is 22.8. The summed E-state index contributed by atoms with van der Waals surface area (Å²) in [5, 5.41) is 4.39. The van der Waals surface area contributed by atoms with Gasteiger partial charge in [0.05, 0.1) is 31.0 Å². The molecule has 172 valence electrons. The van der Waals surface area contributed by atoms with Crippen molar-refractivity contribution in [2.75, 3.05) is 39.4 Å². The maximum Gasteiger partial charge on any atom is 0.170 e. The summed E-state index contributed by atoms with van der Waals surface area (Å²) < 4.78 is 7.87. The molecule has 2 aliphatic heterocycles. The molecule has 0 unspecified atom stereocenters. The molecule has 0 aliphatic carbocycles. The summed E-state index contributed by atoms with van der Waals surface area (Å²) in [4.78, 5) is 9.52. The largest absolute Gasteiger partial charge is 0.379 e. The van der Waals surface area contributed by atoms with Crippen LogP contribution in [-0.4, -0.2) is 63.9 Å². The van der Waals surface area contributed by atoms with E-state index in [-0.39, 0.29) is 12.1 Å². The van der Waals surface area contributed by atoms with Crippen molar-refractivity contribution in [3.05, 3.63) is 83.4 Å². The number of hydrogen-bond donors (Lipinski definition) is 1. The first-order chi connectivity index (χ1) is 16.1. The Morgan fingerprint density at radius 1 is 1.03 bits per heavy atom. The smallest absolute Gasteiger partial charge is 0.170 e. The molecule has 4 heterocycles. The number of ether oxygens (including phenoxy) is 1. The van der Waals surface area contributed by atoms with E-state index in [1.54, 1.807) is 0 Å². The lowest BCUT2D eigenvalue weighted by Crippen LogP contribution is -2.42. The normalized spacial score (nSPS) is 21.4. The molecule has 0 amide bonds. The minimum atomic E-state index is 0.00751. The third-order valence-electron chi connectivity index (χ3n) is 6.76. The quantitative estimate of drug-likeness (QED) is 0.564. The molecule has 2 fully saturated rings. The van der Waals surface area contributed by atoms with Gasteiger partial charge in [-0.25, -0.2) is 0 Å².